The number of thiazole rings is 1. The molecule has 4 rings (SSSR count). The Morgan fingerprint density at radius 3 is 3.05 bits per heavy atom. The van der Waals surface area contributed by atoms with E-state index in [9.17, 15) is 0 Å². The summed E-state index contributed by atoms with van der Waals surface area (Å²) in [5.41, 5.74) is 2.72. The maximum atomic E-state index is 4.81. The van der Waals surface area contributed by atoms with E-state index in [1.54, 1.807) is 27.6 Å². The van der Waals surface area contributed by atoms with E-state index in [2.05, 4.69) is 46.2 Å². The van der Waals surface area contributed by atoms with Gasteiger partial charge in [-0.15, -0.1) is 34.0 Å². The van der Waals surface area contributed by atoms with Gasteiger partial charge in [0.05, 0.1) is 10.6 Å². The fourth-order valence-electron chi connectivity index (χ4n) is 2.88. The second-order valence-corrected chi connectivity index (χ2v) is 8.12. The molecule has 0 aliphatic carbocycles. The summed E-state index contributed by atoms with van der Waals surface area (Å²) in [6, 6.07) is 7.03. The molecule has 5 heteroatoms. The molecule has 2 nitrogen and oxygen atoms in total. The van der Waals surface area contributed by atoms with Gasteiger partial charge in [-0.25, -0.2) is 4.98 Å². The van der Waals surface area contributed by atoms with E-state index in [4.69, 9.17) is 4.98 Å². The molecule has 0 fully saturated rings. The van der Waals surface area contributed by atoms with E-state index in [1.807, 2.05) is 11.3 Å². The third-order valence-corrected chi connectivity index (χ3v) is 6.98. The molecule has 1 atom stereocenters. The molecule has 0 N–H and O–H groups in total. The summed E-state index contributed by atoms with van der Waals surface area (Å²) in [5, 5.41) is 7.70. The van der Waals surface area contributed by atoms with Crippen LogP contribution in [0.3, 0.4) is 0 Å². The van der Waals surface area contributed by atoms with Crippen LogP contribution in [-0.4, -0.2) is 16.4 Å². The van der Waals surface area contributed by atoms with Crippen LogP contribution in [0.15, 0.2) is 34.3 Å². The molecule has 3 aromatic rings. The fraction of sp³-hybridized carbons (Fsp3) is 0.312. The van der Waals surface area contributed by atoms with Crippen molar-refractivity contribution in [2.75, 3.05) is 6.54 Å². The van der Waals surface area contributed by atoms with E-state index in [-0.39, 0.29) is 0 Å². The summed E-state index contributed by atoms with van der Waals surface area (Å²) >= 11 is 5.42. The molecule has 0 amide bonds. The molecule has 0 saturated carbocycles. The van der Waals surface area contributed by atoms with Crippen molar-refractivity contribution in [3.05, 3.63) is 50.5 Å². The Balaban J connectivity index is 1.52. The van der Waals surface area contributed by atoms with Crippen LogP contribution in [0.2, 0.25) is 0 Å². The van der Waals surface area contributed by atoms with Crippen LogP contribution in [0.1, 0.15) is 29.1 Å². The third-order valence-electron chi connectivity index (χ3n) is 4.05. The van der Waals surface area contributed by atoms with Crippen LogP contribution in [0.25, 0.3) is 9.88 Å². The van der Waals surface area contributed by atoms with Gasteiger partial charge in [0.2, 0.25) is 0 Å². The summed E-state index contributed by atoms with van der Waals surface area (Å²) in [6.07, 6.45) is 1.18. The first-order valence-electron chi connectivity index (χ1n) is 7.10. The largest absolute Gasteiger partial charge is 0.290 e. The van der Waals surface area contributed by atoms with Crippen molar-refractivity contribution in [3.8, 4) is 9.88 Å². The molecule has 1 aliphatic heterocycles. The molecule has 1 unspecified atom stereocenters. The number of aromatic nitrogens is 1. The second kappa shape index (κ2) is 5.65. The standard InChI is InChI=1S/C16H16N2S3/c1-11-13-5-8-20-14(13)4-6-18(11)9-12-10-21-16(17-12)15-3-2-7-19-15/h2-3,5,7-8,10-11H,4,6,9H2,1H3. The van der Waals surface area contributed by atoms with Crippen LogP contribution >= 0.6 is 34.0 Å². The zero-order valence-electron chi connectivity index (χ0n) is 11.8. The summed E-state index contributed by atoms with van der Waals surface area (Å²) in [5.74, 6) is 0. The van der Waals surface area contributed by atoms with Gasteiger partial charge in [-0.2, -0.15) is 0 Å². The zero-order chi connectivity index (χ0) is 14.2. The molecule has 1 aliphatic rings. The van der Waals surface area contributed by atoms with Crippen molar-refractivity contribution in [2.45, 2.75) is 25.9 Å². The van der Waals surface area contributed by atoms with Crippen LogP contribution in [-0.2, 0) is 13.0 Å². The van der Waals surface area contributed by atoms with Gasteiger partial charge in [0, 0.05) is 29.4 Å². The Morgan fingerprint density at radius 1 is 1.24 bits per heavy atom. The van der Waals surface area contributed by atoms with Gasteiger partial charge >= 0.3 is 0 Å². The lowest BCUT2D eigenvalue weighted by molar-refractivity contribution is 0.189. The Bertz CT molecular complexity index is 726. The van der Waals surface area contributed by atoms with Gasteiger partial charge in [0.1, 0.15) is 5.01 Å². The van der Waals surface area contributed by atoms with Crippen LogP contribution in [0, 0.1) is 0 Å². The summed E-state index contributed by atoms with van der Waals surface area (Å²) < 4.78 is 0. The van der Waals surface area contributed by atoms with E-state index in [1.165, 1.54) is 22.6 Å². The van der Waals surface area contributed by atoms with E-state index < -0.39 is 0 Å². The molecule has 0 radical (unpaired) electrons. The number of nitrogens with zero attached hydrogens (tertiary/aromatic N) is 2. The topological polar surface area (TPSA) is 16.1 Å². The smallest absolute Gasteiger partial charge is 0.133 e. The summed E-state index contributed by atoms with van der Waals surface area (Å²) in [6.45, 7) is 4.41. The van der Waals surface area contributed by atoms with Gasteiger partial charge in [-0.1, -0.05) is 6.07 Å². The fourth-order valence-corrected chi connectivity index (χ4v) is 5.47. The highest BCUT2D eigenvalue weighted by Crippen LogP contribution is 2.34. The summed E-state index contributed by atoms with van der Waals surface area (Å²) in [7, 11) is 0. The van der Waals surface area contributed by atoms with Crippen LogP contribution < -0.4 is 0 Å². The zero-order valence-corrected chi connectivity index (χ0v) is 14.2. The van der Waals surface area contributed by atoms with Gasteiger partial charge in [-0.3, -0.25) is 4.90 Å². The number of fused-ring (bicyclic) bond motifs is 1. The molecule has 0 bridgehead atoms. The second-order valence-electron chi connectivity index (χ2n) is 5.32. The average molecular weight is 333 g/mol. The number of hydrogen-bond donors (Lipinski definition) is 0. The maximum Gasteiger partial charge on any atom is 0.133 e. The number of hydrogen-bond acceptors (Lipinski definition) is 5. The van der Waals surface area contributed by atoms with E-state index in [0.29, 0.717) is 6.04 Å². The molecule has 3 aromatic heterocycles. The number of rotatable bonds is 3. The van der Waals surface area contributed by atoms with Gasteiger partial charge < -0.3 is 0 Å². The van der Waals surface area contributed by atoms with Crippen molar-refractivity contribution in [3.63, 3.8) is 0 Å². The number of thiophene rings is 2. The van der Waals surface area contributed by atoms with E-state index >= 15 is 0 Å². The van der Waals surface area contributed by atoms with Crippen molar-refractivity contribution < 1.29 is 0 Å². The van der Waals surface area contributed by atoms with Crippen LogP contribution in [0.5, 0.6) is 0 Å². The Hall–Kier alpha value is -1.01. The lowest BCUT2D eigenvalue weighted by atomic mass is 10.0. The third kappa shape index (κ3) is 2.59. The van der Waals surface area contributed by atoms with Crippen LogP contribution in [0.4, 0.5) is 0 Å². The highest BCUT2D eigenvalue weighted by molar-refractivity contribution is 7.20. The lowest BCUT2D eigenvalue weighted by Crippen LogP contribution is -2.32. The molecule has 0 saturated heterocycles. The SMILES string of the molecule is CC1c2ccsc2CCN1Cc1csc(-c2cccs2)n1. The minimum Gasteiger partial charge on any atom is -0.290 e. The summed E-state index contributed by atoms with van der Waals surface area (Å²) in [4.78, 5) is 10.2. The van der Waals surface area contributed by atoms with Crippen molar-refractivity contribution in [2.24, 2.45) is 0 Å². The predicted molar refractivity (Wildman–Crippen MR) is 92.3 cm³/mol. The minimum atomic E-state index is 0.506. The Morgan fingerprint density at radius 2 is 2.19 bits per heavy atom. The normalized spacial score (nSPS) is 18.8. The molecule has 108 valence electrons. The van der Waals surface area contributed by atoms with Crippen molar-refractivity contribution in [1.82, 2.24) is 9.88 Å². The monoisotopic (exact) mass is 332 g/mol. The van der Waals surface area contributed by atoms with Gasteiger partial charge in [0.25, 0.3) is 0 Å². The molecule has 21 heavy (non-hydrogen) atoms. The first-order chi connectivity index (χ1) is 10.3. The average Bonchev–Trinajstić information content (AvgIpc) is 3.21. The first kappa shape index (κ1) is 13.6. The molecular weight excluding hydrogens is 316 g/mol. The van der Waals surface area contributed by atoms with Gasteiger partial charge in [-0.05, 0) is 41.8 Å². The molecular formula is C16H16N2S3. The Labute approximate surface area is 136 Å². The molecule has 0 spiro atoms. The lowest BCUT2D eigenvalue weighted by Gasteiger charge is -2.32. The maximum absolute atomic E-state index is 4.81. The highest BCUT2D eigenvalue weighted by Gasteiger charge is 2.25. The molecule has 0 aromatic carbocycles. The van der Waals surface area contributed by atoms with Crippen molar-refractivity contribution >= 4 is 34.0 Å². The highest BCUT2D eigenvalue weighted by atomic mass is 32.1. The van der Waals surface area contributed by atoms with Gasteiger partial charge in [0.15, 0.2) is 0 Å². The van der Waals surface area contributed by atoms with Crippen molar-refractivity contribution in [1.29, 1.82) is 0 Å². The predicted octanol–water partition coefficient (Wildman–Crippen LogP) is 5.05. The quantitative estimate of drug-likeness (QED) is 0.667. The molecule has 4 heterocycles. The minimum absolute atomic E-state index is 0.506. The first-order valence-corrected chi connectivity index (χ1v) is 9.74. The Kier molecular flexibility index (Phi) is 3.67. The van der Waals surface area contributed by atoms with E-state index in [0.717, 1.165) is 18.1 Å².